The van der Waals surface area contributed by atoms with Gasteiger partial charge in [0.1, 0.15) is 0 Å². The molecule has 0 N–H and O–H groups in total. The highest BCUT2D eigenvalue weighted by molar-refractivity contribution is 5.78. The van der Waals surface area contributed by atoms with Crippen LogP contribution >= 0.6 is 0 Å². The maximum Gasteiger partial charge on any atom is 0.225 e. The molecule has 1 amide bonds. The van der Waals surface area contributed by atoms with Gasteiger partial charge in [-0.05, 0) is 57.8 Å². The molecule has 2 fully saturated rings. The van der Waals surface area contributed by atoms with Gasteiger partial charge >= 0.3 is 0 Å². The normalized spacial score (nSPS) is 24.1. The molecule has 2 saturated carbocycles. The minimum Gasteiger partial charge on any atom is -0.343 e. The molecule has 0 unspecified atom stereocenters. The fourth-order valence-corrected chi connectivity index (χ4v) is 3.90. The molecule has 0 radical (unpaired) electrons. The summed E-state index contributed by atoms with van der Waals surface area (Å²) in [6, 6.07) is 0. The largest absolute Gasteiger partial charge is 0.343 e. The second kappa shape index (κ2) is 5.41. The number of carbonyl (C=O) groups is 1. The van der Waals surface area contributed by atoms with Gasteiger partial charge in [0.2, 0.25) is 5.91 Å². The van der Waals surface area contributed by atoms with Crippen molar-refractivity contribution < 1.29 is 4.79 Å². The highest BCUT2D eigenvalue weighted by Gasteiger charge is 2.39. The van der Waals surface area contributed by atoms with E-state index in [-0.39, 0.29) is 0 Å². The standard InChI is InChI=1S/C15H27NO/c1-3-16(4-2)14(17)13-7-11-15(12-8-13)9-5-6-10-15/h13H,3-12H2,1-2H3. The Morgan fingerprint density at radius 2 is 1.59 bits per heavy atom. The van der Waals surface area contributed by atoms with Crippen LogP contribution in [-0.2, 0) is 4.79 Å². The van der Waals surface area contributed by atoms with Gasteiger partial charge in [-0.3, -0.25) is 4.79 Å². The minimum atomic E-state index is 0.334. The summed E-state index contributed by atoms with van der Waals surface area (Å²) in [4.78, 5) is 14.3. The average Bonchev–Trinajstić information content (AvgIpc) is 2.80. The lowest BCUT2D eigenvalue weighted by atomic mass is 9.69. The zero-order valence-corrected chi connectivity index (χ0v) is 11.5. The second-order valence-corrected chi connectivity index (χ2v) is 5.99. The number of carbonyl (C=O) groups excluding carboxylic acids is 1. The molecule has 2 aliphatic carbocycles. The average molecular weight is 237 g/mol. The van der Waals surface area contributed by atoms with Crippen LogP contribution in [0.2, 0.25) is 0 Å². The lowest BCUT2D eigenvalue weighted by Gasteiger charge is -2.38. The molecule has 17 heavy (non-hydrogen) atoms. The fraction of sp³-hybridized carbons (Fsp3) is 0.933. The predicted molar refractivity (Wildman–Crippen MR) is 70.8 cm³/mol. The van der Waals surface area contributed by atoms with E-state index in [0.717, 1.165) is 25.9 Å². The molecule has 98 valence electrons. The van der Waals surface area contributed by atoms with E-state index < -0.39 is 0 Å². The third kappa shape index (κ3) is 2.66. The van der Waals surface area contributed by atoms with E-state index in [9.17, 15) is 4.79 Å². The maximum atomic E-state index is 12.3. The van der Waals surface area contributed by atoms with Gasteiger partial charge in [0, 0.05) is 19.0 Å². The molecule has 0 aliphatic heterocycles. The molecular weight excluding hydrogens is 210 g/mol. The van der Waals surface area contributed by atoms with E-state index in [2.05, 4.69) is 13.8 Å². The Balaban J connectivity index is 1.88. The summed E-state index contributed by atoms with van der Waals surface area (Å²) in [6.45, 7) is 5.92. The fourth-order valence-electron chi connectivity index (χ4n) is 3.90. The Bertz CT molecular complexity index is 254. The number of nitrogens with zero attached hydrogens (tertiary/aromatic N) is 1. The van der Waals surface area contributed by atoms with Gasteiger partial charge in [-0.25, -0.2) is 0 Å². The summed E-state index contributed by atoms with van der Waals surface area (Å²) in [6.07, 6.45) is 10.6. The van der Waals surface area contributed by atoms with Crippen LogP contribution in [0, 0.1) is 11.3 Å². The third-order valence-electron chi connectivity index (χ3n) is 5.13. The SMILES string of the molecule is CCN(CC)C(=O)C1CCC2(CCCC2)CC1. The van der Waals surface area contributed by atoms with Gasteiger partial charge in [0.05, 0.1) is 0 Å². The molecule has 2 rings (SSSR count). The zero-order valence-electron chi connectivity index (χ0n) is 11.5. The summed E-state index contributed by atoms with van der Waals surface area (Å²) >= 11 is 0. The first kappa shape index (κ1) is 12.9. The van der Waals surface area contributed by atoms with Crippen molar-refractivity contribution in [3.05, 3.63) is 0 Å². The Morgan fingerprint density at radius 1 is 1.06 bits per heavy atom. The van der Waals surface area contributed by atoms with Crippen molar-refractivity contribution in [2.75, 3.05) is 13.1 Å². The number of rotatable bonds is 3. The summed E-state index contributed by atoms with van der Waals surface area (Å²) in [5.41, 5.74) is 0.653. The van der Waals surface area contributed by atoms with Gasteiger partial charge in [0.25, 0.3) is 0 Å². The van der Waals surface area contributed by atoms with Crippen LogP contribution in [0.4, 0.5) is 0 Å². The van der Waals surface area contributed by atoms with Crippen LogP contribution < -0.4 is 0 Å². The van der Waals surface area contributed by atoms with Crippen LogP contribution in [0.1, 0.15) is 65.2 Å². The smallest absolute Gasteiger partial charge is 0.225 e. The van der Waals surface area contributed by atoms with Gasteiger partial charge < -0.3 is 4.90 Å². The van der Waals surface area contributed by atoms with E-state index >= 15 is 0 Å². The molecule has 0 aromatic carbocycles. The first-order chi connectivity index (χ1) is 8.21. The van der Waals surface area contributed by atoms with Crippen LogP contribution in [0.25, 0.3) is 0 Å². The van der Waals surface area contributed by atoms with Crippen molar-refractivity contribution in [3.63, 3.8) is 0 Å². The molecule has 0 aromatic rings. The molecule has 2 aliphatic rings. The van der Waals surface area contributed by atoms with Crippen LogP contribution in [0.3, 0.4) is 0 Å². The summed E-state index contributed by atoms with van der Waals surface area (Å²) < 4.78 is 0. The molecule has 0 atom stereocenters. The van der Waals surface area contributed by atoms with Crippen molar-refractivity contribution in [2.24, 2.45) is 11.3 Å². The Morgan fingerprint density at radius 3 is 2.06 bits per heavy atom. The quantitative estimate of drug-likeness (QED) is 0.734. The van der Waals surface area contributed by atoms with Gasteiger partial charge in [-0.2, -0.15) is 0 Å². The third-order valence-corrected chi connectivity index (χ3v) is 5.13. The van der Waals surface area contributed by atoms with E-state index in [4.69, 9.17) is 0 Å². The molecule has 0 heterocycles. The maximum absolute atomic E-state index is 12.3. The lowest BCUT2D eigenvalue weighted by Crippen LogP contribution is -2.38. The Kier molecular flexibility index (Phi) is 4.11. The van der Waals surface area contributed by atoms with Crippen molar-refractivity contribution in [1.29, 1.82) is 0 Å². The van der Waals surface area contributed by atoms with Crippen LogP contribution in [0.15, 0.2) is 0 Å². The molecule has 1 spiro atoms. The van der Waals surface area contributed by atoms with E-state index in [1.54, 1.807) is 0 Å². The van der Waals surface area contributed by atoms with E-state index in [1.807, 2.05) is 4.90 Å². The number of hydrogen-bond donors (Lipinski definition) is 0. The lowest BCUT2D eigenvalue weighted by molar-refractivity contribution is -0.137. The predicted octanol–water partition coefficient (Wildman–Crippen LogP) is 3.61. The topological polar surface area (TPSA) is 20.3 Å². The second-order valence-electron chi connectivity index (χ2n) is 5.99. The number of hydrogen-bond acceptors (Lipinski definition) is 1. The highest BCUT2D eigenvalue weighted by atomic mass is 16.2. The molecule has 0 bridgehead atoms. The van der Waals surface area contributed by atoms with Gasteiger partial charge in [0.15, 0.2) is 0 Å². The zero-order chi connectivity index (χ0) is 12.3. The Labute approximate surface area is 106 Å². The van der Waals surface area contributed by atoms with Gasteiger partial charge in [-0.15, -0.1) is 0 Å². The minimum absolute atomic E-state index is 0.334. The first-order valence-electron chi connectivity index (χ1n) is 7.49. The molecule has 2 nitrogen and oxygen atoms in total. The molecule has 0 saturated heterocycles. The van der Waals surface area contributed by atoms with Gasteiger partial charge in [-0.1, -0.05) is 12.8 Å². The van der Waals surface area contributed by atoms with Crippen LogP contribution in [0.5, 0.6) is 0 Å². The summed E-state index contributed by atoms with van der Waals surface area (Å²) in [7, 11) is 0. The summed E-state index contributed by atoms with van der Waals surface area (Å²) in [5, 5.41) is 0. The monoisotopic (exact) mass is 237 g/mol. The molecule has 0 aromatic heterocycles. The highest BCUT2D eigenvalue weighted by Crippen LogP contribution is 2.50. The molecular formula is C15H27NO. The van der Waals surface area contributed by atoms with Crippen molar-refractivity contribution in [3.8, 4) is 0 Å². The van der Waals surface area contributed by atoms with Crippen molar-refractivity contribution >= 4 is 5.91 Å². The van der Waals surface area contributed by atoms with E-state index in [0.29, 0.717) is 17.2 Å². The van der Waals surface area contributed by atoms with Crippen molar-refractivity contribution in [1.82, 2.24) is 4.90 Å². The number of amides is 1. The summed E-state index contributed by atoms with van der Waals surface area (Å²) in [5.74, 6) is 0.754. The Hall–Kier alpha value is -0.530. The van der Waals surface area contributed by atoms with Crippen LogP contribution in [-0.4, -0.2) is 23.9 Å². The molecule has 2 heteroatoms. The van der Waals surface area contributed by atoms with Crippen molar-refractivity contribution in [2.45, 2.75) is 65.2 Å². The van der Waals surface area contributed by atoms with E-state index in [1.165, 1.54) is 38.5 Å². The first-order valence-corrected chi connectivity index (χ1v) is 7.49.